The zero-order chi connectivity index (χ0) is 13.2. The van der Waals surface area contributed by atoms with Crippen LogP contribution in [0.1, 0.15) is 24.1 Å². The summed E-state index contributed by atoms with van der Waals surface area (Å²) >= 11 is 0. The molecule has 3 rings (SSSR count). The maximum atomic E-state index is 4.73. The molecule has 104 valence electrons. The Hall–Kier alpha value is -1.13. The minimum atomic E-state index is 0.754. The van der Waals surface area contributed by atoms with Crippen LogP contribution in [0.5, 0.6) is 0 Å². The van der Waals surface area contributed by atoms with Crippen molar-refractivity contribution in [2.45, 2.75) is 32.4 Å². The maximum Gasteiger partial charge on any atom is 0.129 e. The van der Waals surface area contributed by atoms with E-state index in [1.54, 1.807) is 0 Å². The van der Waals surface area contributed by atoms with Crippen molar-refractivity contribution in [1.29, 1.82) is 0 Å². The molecule has 2 fully saturated rings. The van der Waals surface area contributed by atoms with Crippen LogP contribution in [0.2, 0.25) is 0 Å². The largest absolute Gasteiger partial charge is 0.354 e. The lowest BCUT2D eigenvalue weighted by atomic mass is 10.1. The summed E-state index contributed by atoms with van der Waals surface area (Å²) in [6, 6.07) is 5.17. The van der Waals surface area contributed by atoms with E-state index in [4.69, 9.17) is 4.98 Å². The fraction of sp³-hybridized carbons (Fsp3) is 0.667. The molecule has 0 spiro atoms. The number of fused-ring (bicyclic) bond motifs is 1. The molecular weight excluding hydrogens is 236 g/mol. The van der Waals surface area contributed by atoms with Gasteiger partial charge in [0.05, 0.1) is 0 Å². The van der Waals surface area contributed by atoms with Gasteiger partial charge in [-0.1, -0.05) is 0 Å². The minimum Gasteiger partial charge on any atom is -0.354 e. The molecule has 2 aliphatic heterocycles. The number of anilines is 1. The lowest BCUT2D eigenvalue weighted by molar-refractivity contribution is 0.230. The fourth-order valence-electron chi connectivity index (χ4n) is 3.39. The standard InChI is InChI=1S/C15H24N4/c1-12-8-13(10-16-2)9-15(17-12)19-7-6-18-5-3-4-14(18)11-19/h8-9,14,16H,3-7,10-11H2,1-2H3. The minimum absolute atomic E-state index is 0.754. The summed E-state index contributed by atoms with van der Waals surface area (Å²) in [4.78, 5) is 9.84. The average molecular weight is 260 g/mol. The summed E-state index contributed by atoms with van der Waals surface area (Å²) < 4.78 is 0. The summed E-state index contributed by atoms with van der Waals surface area (Å²) in [5.74, 6) is 1.16. The van der Waals surface area contributed by atoms with Crippen LogP contribution in [-0.2, 0) is 6.54 Å². The molecule has 0 radical (unpaired) electrons. The van der Waals surface area contributed by atoms with Crippen LogP contribution in [0, 0.1) is 6.92 Å². The van der Waals surface area contributed by atoms with E-state index in [1.807, 2.05) is 7.05 Å². The van der Waals surface area contributed by atoms with Crippen molar-refractivity contribution in [1.82, 2.24) is 15.2 Å². The van der Waals surface area contributed by atoms with Gasteiger partial charge in [0.25, 0.3) is 0 Å². The highest BCUT2D eigenvalue weighted by molar-refractivity contribution is 5.43. The summed E-state index contributed by atoms with van der Waals surface area (Å²) in [7, 11) is 1.99. The Labute approximate surface area is 115 Å². The second-order valence-corrected chi connectivity index (χ2v) is 5.78. The van der Waals surface area contributed by atoms with Crippen molar-refractivity contribution >= 4 is 5.82 Å². The number of hydrogen-bond donors (Lipinski definition) is 1. The highest BCUT2D eigenvalue weighted by Crippen LogP contribution is 2.25. The summed E-state index contributed by atoms with van der Waals surface area (Å²) in [5.41, 5.74) is 2.45. The zero-order valence-corrected chi connectivity index (χ0v) is 12.0. The third kappa shape index (κ3) is 2.74. The topological polar surface area (TPSA) is 31.4 Å². The summed E-state index contributed by atoms with van der Waals surface area (Å²) in [6.07, 6.45) is 2.72. The molecule has 1 aromatic rings. The van der Waals surface area contributed by atoms with Crippen molar-refractivity contribution in [3.8, 4) is 0 Å². The Morgan fingerprint density at radius 1 is 1.32 bits per heavy atom. The first-order chi connectivity index (χ1) is 9.26. The number of pyridine rings is 1. The number of aryl methyl sites for hydroxylation is 1. The second-order valence-electron chi connectivity index (χ2n) is 5.78. The van der Waals surface area contributed by atoms with E-state index in [2.05, 4.69) is 34.2 Å². The van der Waals surface area contributed by atoms with Crippen LogP contribution in [-0.4, -0.2) is 49.2 Å². The Kier molecular flexibility index (Phi) is 3.71. The molecule has 3 heterocycles. The Bertz CT molecular complexity index is 446. The molecule has 1 N–H and O–H groups in total. The Morgan fingerprint density at radius 2 is 2.21 bits per heavy atom. The molecular formula is C15H24N4. The van der Waals surface area contributed by atoms with Crippen LogP contribution in [0.15, 0.2) is 12.1 Å². The van der Waals surface area contributed by atoms with Crippen molar-refractivity contribution in [3.05, 3.63) is 23.4 Å². The molecule has 1 unspecified atom stereocenters. The van der Waals surface area contributed by atoms with Crippen molar-refractivity contribution < 1.29 is 0 Å². The van der Waals surface area contributed by atoms with Gasteiger partial charge in [-0.15, -0.1) is 0 Å². The predicted octanol–water partition coefficient (Wildman–Crippen LogP) is 1.39. The number of piperazine rings is 1. The van der Waals surface area contributed by atoms with Crippen LogP contribution in [0.25, 0.3) is 0 Å². The van der Waals surface area contributed by atoms with E-state index in [-0.39, 0.29) is 0 Å². The first-order valence-electron chi connectivity index (χ1n) is 7.37. The molecule has 0 aromatic carbocycles. The van der Waals surface area contributed by atoms with Gasteiger partial charge in [-0.3, -0.25) is 4.90 Å². The maximum absolute atomic E-state index is 4.73. The fourth-order valence-corrected chi connectivity index (χ4v) is 3.39. The molecule has 0 aliphatic carbocycles. The lowest BCUT2D eigenvalue weighted by Gasteiger charge is -2.38. The van der Waals surface area contributed by atoms with Gasteiger partial charge in [0.15, 0.2) is 0 Å². The number of aromatic nitrogens is 1. The quantitative estimate of drug-likeness (QED) is 0.890. The summed E-state index contributed by atoms with van der Waals surface area (Å²) in [5, 5.41) is 3.22. The number of nitrogens with one attached hydrogen (secondary N) is 1. The molecule has 1 aromatic heterocycles. The molecule has 1 atom stereocenters. The van der Waals surface area contributed by atoms with Crippen molar-refractivity contribution in [3.63, 3.8) is 0 Å². The molecule has 0 bridgehead atoms. The van der Waals surface area contributed by atoms with E-state index < -0.39 is 0 Å². The number of hydrogen-bond acceptors (Lipinski definition) is 4. The van der Waals surface area contributed by atoms with E-state index in [9.17, 15) is 0 Å². The third-order valence-electron chi connectivity index (χ3n) is 4.29. The van der Waals surface area contributed by atoms with Gasteiger partial charge in [-0.2, -0.15) is 0 Å². The second kappa shape index (κ2) is 5.47. The Morgan fingerprint density at radius 3 is 3.05 bits per heavy atom. The smallest absolute Gasteiger partial charge is 0.129 e. The molecule has 19 heavy (non-hydrogen) atoms. The monoisotopic (exact) mass is 260 g/mol. The summed E-state index contributed by atoms with van der Waals surface area (Å²) in [6.45, 7) is 7.77. The number of nitrogens with zero attached hydrogens (tertiary/aromatic N) is 3. The predicted molar refractivity (Wildman–Crippen MR) is 78.5 cm³/mol. The first kappa shape index (κ1) is 12.9. The van der Waals surface area contributed by atoms with Gasteiger partial charge >= 0.3 is 0 Å². The first-order valence-corrected chi connectivity index (χ1v) is 7.37. The highest BCUT2D eigenvalue weighted by atomic mass is 15.3. The molecule has 4 nitrogen and oxygen atoms in total. The van der Waals surface area contributed by atoms with Gasteiger partial charge in [-0.05, 0) is 51.1 Å². The van der Waals surface area contributed by atoms with Crippen LogP contribution in [0.4, 0.5) is 5.82 Å². The van der Waals surface area contributed by atoms with E-state index in [1.165, 1.54) is 31.5 Å². The molecule has 2 aliphatic rings. The van der Waals surface area contributed by atoms with Gasteiger partial charge in [0, 0.05) is 37.9 Å². The van der Waals surface area contributed by atoms with Gasteiger partial charge in [-0.25, -0.2) is 4.98 Å². The number of rotatable bonds is 3. The van der Waals surface area contributed by atoms with Gasteiger partial charge in [0.1, 0.15) is 5.82 Å². The van der Waals surface area contributed by atoms with Gasteiger partial charge < -0.3 is 10.2 Å². The molecule has 2 saturated heterocycles. The van der Waals surface area contributed by atoms with Crippen LogP contribution >= 0.6 is 0 Å². The normalized spacial score (nSPS) is 23.7. The highest BCUT2D eigenvalue weighted by Gasteiger charge is 2.31. The van der Waals surface area contributed by atoms with E-state index in [0.717, 1.165) is 37.2 Å². The van der Waals surface area contributed by atoms with Crippen molar-refractivity contribution in [2.75, 3.05) is 38.1 Å². The van der Waals surface area contributed by atoms with Crippen molar-refractivity contribution in [2.24, 2.45) is 0 Å². The van der Waals surface area contributed by atoms with Crippen LogP contribution < -0.4 is 10.2 Å². The average Bonchev–Trinajstić information content (AvgIpc) is 2.85. The molecule has 4 heteroatoms. The lowest BCUT2D eigenvalue weighted by Crippen LogP contribution is -2.50. The van der Waals surface area contributed by atoms with E-state index >= 15 is 0 Å². The van der Waals surface area contributed by atoms with Gasteiger partial charge in [0.2, 0.25) is 0 Å². The SMILES string of the molecule is CNCc1cc(C)nc(N2CCN3CCCC3C2)c1. The van der Waals surface area contributed by atoms with E-state index in [0.29, 0.717) is 0 Å². The zero-order valence-electron chi connectivity index (χ0n) is 12.0. The van der Waals surface area contributed by atoms with Crippen LogP contribution in [0.3, 0.4) is 0 Å². The third-order valence-corrected chi connectivity index (χ3v) is 4.29. The molecule has 0 amide bonds. The Balaban J connectivity index is 1.77. The molecule has 0 saturated carbocycles.